The maximum absolute atomic E-state index is 13.7. The van der Waals surface area contributed by atoms with Gasteiger partial charge in [0.05, 0.1) is 0 Å². The van der Waals surface area contributed by atoms with Gasteiger partial charge in [0.1, 0.15) is 0 Å². The molecule has 14 heavy (non-hydrogen) atoms. The Morgan fingerprint density at radius 1 is 1.36 bits per heavy atom. The van der Waals surface area contributed by atoms with Crippen molar-refractivity contribution < 1.29 is 4.39 Å². The lowest BCUT2D eigenvalue weighted by Crippen LogP contribution is -2.14. The Kier molecular flexibility index (Phi) is 1.70. The summed E-state index contributed by atoms with van der Waals surface area (Å²) in [5.74, 6) is 0.264. The normalized spacial score (nSPS) is 12.2. The van der Waals surface area contributed by atoms with E-state index in [0.29, 0.717) is 11.3 Å². The molecule has 74 valence electrons. The number of pyridine rings is 1. The lowest BCUT2D eigenvalue weighted by Gasteiger charge is -2.11. The molecule has 2 rings (SSSR count). The Morgan fingerprint density at radius 2 is 2.07 bits per heavy atom. The third-order valence-electron chi connectivity index (χ3n) is 1.96. The van der Waals surface area contributed by atoms with Crippen LogP contribution in [0.15, 0.2) is 18.3 Å². The van der Waals surface area contributed by atoms with Crippen LogP contribution < -0.4 is 5.73 Å². The van der Waals surface area contributed by atoms with E-state index < -0.39 is 5.67 Å². The average molecular weight is 194 g/mol. The molecule has 0 atom stereocenters. The molecule has 0 spiro atoms. The van der Waals surface area contributed by atoms with Gasteiger partial charge in [0, 0.05) is 11.9 Å². The summed E-state index contributed by atoms with van der Waals surface area (Å²) < 4.78 is 15.2. The summed E-state index contributed by atoms with van der Waals surface area (Å²) in [6, 6.07) is 3.41. The van der Waals surface area contributed by atoms with Gasteiger partial charge in [-0.2, -0.15) is 0 Å². The number of rotatable bonds is 1. The molecule has 0 aromatic carbocycles. The molecule has 4 nitrogen and oxygen atoms in total. The van der Waals surface area contributed by atoms with Crippen molar-refractivity contribution in [2.24, 2.45) is 0 Å². The number of hydrogen-bond acceptors (Lipinski definition) is 3. The molecule has 0 radical (unpaired) electrons. The van der Waals surface area contributed by atoms with E-state index >= 15 is 0 Å². The number of aromatic nitrogens is 3. The van der Waals surface area contributed by atoms with E-state index in [0.717, 1.165) is 0 Å². The van der Waals surface area contributed by atoms with Crippen molar-refractivity contribution in [2.75, 3.05) is 5.73 Å². The molecule has 0 amide bonds. The molecule has 0 saturated heterocycles. The molecular formula is C9H11FN4. The lowest BCUT2D eigenvalue weighted by molar-refractivity contribution is 0.205. The Morgan fingerprint density at radius 3 is 2.71 bits per heavy atom. The number of nitrogens with zero attached hydrogens (tertiary/aromatic N) is 3. The summed E-state index contributed by atoms with van der Waals surface area (Å²) in [6.45, 7) is 2.87. The number of fused-ring (bicyclic) bond motifs is 1. The van der Waals surface area contributed by atoms with Crippen LogP contribution in [0.2, 0.25) is 0 Å². The standard InChI is InChI=1S/C9H11FN4/c1-9(2,10)8-13-12-7-4-3-6(11)5-14(7)8/h3-5H,11H2,1-2H3. The summed E-state index contributed by atoms with van der Waals surface area (Å²) in [7, 11) is 0. The zero-order valence-corrected chi connectivity index (χ0v) is 8.03. The molecule has 0 fully saturated rings. The van der Waals surface area contributed by atoms with Crippen LogP contribution in [0.25, 0.3) is 5.65 Å². The van der Waals surface area contributed by atoms with Gasteiger partial charge in [-0.3, -0.25) is 4.40 Å². The van der Waals surface area contributed by atoms with E-state index in [9.17, 15) is 4.39 Å². The summed E-state index contributed by atoms with van der Waals surface area (Å²) in [5.41, 5.74) is 5.23. The highest BCUT2D eigenvalue weighted by molar-refractivity contribution is 5.47. The molecule has 2 heterocycles. The first kappa shape index (κ1) is 8.93. The molecule has 0 unspecified atom stereocenters. The molecule has 0 bridgehead atoms. The van der Waals surface area contributed by atoms with Crippen molar-refractivity contribution in [1.29, 1.82) is 0 Å². The number of anilines is 1. The van der Waals surface area contributed by atoms with Crippen LogP contribution in [0.1, 0.15) is 19.7 Å². The van der Waals surface area contributed by atoms with Gasteiger partial charge in [-0.05, 0) is 26.0 Å². The molecule has 2 N–H and O–H groups in total. The fourth-order valence-corrected chi connectivity index (χ4v) is 1.31. The third-order valence-corrected chi connectivity index (χ3v) is 1.96. The number of nitrogens with two attached hydrogens (primary N) is 1. The number of halogens is 1. The van der Waals surface area contributed by atoms with Crippen LogP contribution in [0.5, 0.6) is 0 Å². The van der Waals surface area contributed by atoms with Crippen LogP contribution in [-0.4, -0.2) is 14.6 Å². The molecule has 2 aromatic heterocycles. The van der Waals surface area contributed by atoms with Gasteiger partial charge in [-0.1, -0.05) is 0 Å². The van der Waals surface area contributed by atoms with E-state index in [1.165, 1.54) is 13.8 Å². The van der Waals surface area contributed by atoms with E-state index in [-0.39, 0.29) is 5.82 Å². The molecule has 0 aliphatic heterocycles. The first-order valence-electron chi connectivity index (χ1n) is 4.28. The van der Waals surface area contributed by atoms with Crippen molar-refractivity contribution in [3.8, 4) is 0 Å². The average Bonchev–Trinajstić information content (AvgIpc) is 2.45. The van der Waals surface area contributed by atoms with E-state index in [1.807, 2.05) is 0 Å². The van der Waals surface area contributed by atoms with E-state index in [2.05, 4.69) is 10.2 Å². The van der Waals surface area contributed by atoms with Crippen LogP contribution in [0.3, 0.4) is 0 Å². The predicted octanol–water partition coefficient (Wildman–Crippen LogP) is 1.52. The monoisotopic (exact) mass is 194 g/mol. The van der Waals surface area contributed by atoms with E-state index in [4.69, 9.17) is 5.73 Å². The molecular weight excluding hydrogens is 183 g/mol. The minimum Gasteiger partial charge on any atom is -0.398 e. The van der Waals surface area contributed by atoms with Gasteiger partial charge in [0.15, 0.2) is 17.1 Å². The highest BCUT2D eigenvalue weighted by atomic mass is 19.1. The Balaban J connectivity index is 2.73. The summed E-state index contributed by atoms with van der Waals surface area (Å²) in [6.07, 6.45) is 1.62. The zero-order valence-electron chi connectivity index (χ0n) is 8.03. The highest BCUT2D eigenvalue weighted by Crippen LogP contribution is 2.23. The molecule has 0 saturated carbocycles. The van der Waals surface area contributed by atoms with Crippen LogP contribution >= 0.6 is 0 Å². The largest absolute Gasteiger partial charge is 0.398 e. The van der Waals surface area contributed by atoms with Crippen molar-refractivity contribution in [3.05, 3.63) is 24.2 Å². The molecule has 0 aliphatic carbocycles. The maximum Gasteiger partial charge on any atom is 0.174 e. The van der Waals surface area contributed by atoms with Crippen LogP contribution in [-0.2, 0) is 5.67 Å². The van der Waals surface area contributed by atoms with Gasteiger partial charge in [0.25, 0.3) is 0 Å². The third kappa shape index (κ3) is 1.30. The van der Waals surface area contributed by atoms with Crippen molar-refractivity contribution in [2.45, 2.75) is 19.5 Å². The minimum atomic E-state index is -1.52. The Hall–Kier alpha value is -1.65. The second-order valence-corrected chi connectivity index (χ2v) is 3.69. The van der Waals surface area contributed by atoms with Crippen molar-refractivity contribution in [1.82, 2.24) is 14.6 Å². The lowest BCUT2D eigenvalue weighted by atomic mass is 10.1. The second kappa shape index (κ2) is 2.67. The van der Waals surface area contributed by atoms with E-state index in [1.54, 1.807) is 22.7 Å². The minimum absolute atomic E-state index is 0.264. The number of alkyl halides is 1. The van der Waals surface area contributed by atoms with Gasteiger partial charge in [-0.25, -0.2) is 4.39 Å². The fourth-order valence-electron chi connectivity index (χ4n) is 1.31. The van der Waals surface area contributed by atoms with Crippen LogP contribution in [0.4, 0.5) is 10.1 Å². The molecule has 5 heteroatoms. The topological polar surface area (TPSA) is 56.2 Å². The Bertz CT molecular complexity index is 469. The summed E-state index contributed by atoms with van der Waals surface area (Å²) in [5, 5.41) is 7.63. The summed E-state index contributed by atoms with van der Waals surface area (Å²) in [4.78, 5) is 0. The van der Waals surface area contributed by atoms with Crippen molar-refractivity contribution in [3.63, 3.8) is 0 Å². The zero-order chi connectivity index (χ0) is 10.3. The smallest absolute Gasteiger partial charge is 0.174 e. The fraction of sp³-hybridized carbons (Fsp3) is 0.333. The highest BCUT2D eigenvalue weighted by Gasteiger charge is 2.25. The second-order valence-electron chi connectivity index (χ2n) is 3.69. The van der Waals surface area contributed by atoms with Crippen molar-refractivity contribution >= 4 is 11.3 Å². The quantitative estimate of drug-likeness (QED) is 0.748. The molecule has 0 aliphatic rings. The van der Waals surface area contributed by atoms with Gasteiger partial charge < -0.3 is 5.73 Å². The van der Waals surface area contributed by atoms with Gasteiger partial charge >= 0.3 is 0 Å². The predicted molar refractivity (Wildman–Crippen MR) is 51.5 cm³/mol. The van der Waals surface area contributed by atoms with Gasteiger partial charge in [-0.15, -0.1) is 10.2 Å². The SMILES string of the molecule is CC(C)(F)c1nnc2ccc(N)cn12. The summed E-state index contributed by atoms with van der Waals surface area (Å²) >= 11 is 0. The first-order chi connectivity index (χ1) is 6.48. The number of hydrogen-bond donors (Lipinski definition) is 1. The van der Waals surface area contributed by atoms with Crippen LogP contribution in [0, 0.1) is 0 Å². The number of nitrogen functional groups attached to an aromatic ring is 1. The maximum atomic E-state index is 13.7. The first-order valence-corrected chi connectivity index (χ1v) is 4.28. The molecule has 2 aromatic rings. The van der Waals surface area contributed by atoms with Gasteiger partial charge in [0.2, 0.25) is 0 Å². The Labute approximate surface area is 80.6 Å².